The Morgan fingerprint density at radius 3 is 2.61 bits per heavy atom. The van der Waals surface area contributed by atoms with Crippen LogP contribution in [0.15, 0.2) is 54.6 Å². The number of nitrogens with one attached hydrogen (secondary N) is 1. The average molecular weight is 384 g/mol. The first-order chi connectivity index (χ1) is 13.8. The molecule has 0 bridgehead atoms. The highest BCUT2D eigenvalue weighted by atomic mass is 16.5. The molecule has 1 N–H and O–H groups in total. The van der Waals surface area contributed by atoms with Crippen LogP contribution in [0.4, 0.5) is 0 Å². The standard InChI is InChI=1S/C22H28N2O4/c1-26-20-9-5-6-18(16-20)21(24-11-14-27-15-12-24)17-23-22(25)10-13-28-19-7-3-2-4-8-19/h2-9,16,21H,10-15,17H2,1H3,(H,23,25). The van der Waals surface area contributed by atoms with Gasteiger partial charge in [0.2, 0.25) is 5.91 Å². The number of hydrogen-bond acceptors (Lipinski definition) is 5. The summed E-state index contributed by atoms with van der Waals surface area (Å²) in [6.07, 6.45) is 0.322. The van der Waals surface area contributed by atoms with Crippen molar-refractivity contribution in [2.45, 2.75) is 12.5 Å². The van der Waals surface area contributed by atoms with Gasteiger partial charge >= 0.3 is 0 Å². The molecule has 0 saturated carbocycles. The number of hydrogen-bond donors (Lipinski definition) is 1. The highest BCUT2D eigenvalue weighted by molar-refractivity contribution is 5.76. The summed E-state index contributed by atoms with van der Waals surface area (Å²) in [7, 11) is 1.66. The molecule has 150 valence electrons. The Morgan fingerprint density at radius 2 is 1.86 bits per heavy atom. The van der Waals surface area contributed by atoms with Crippen LogP contribution < -0.4 is 14.8 Å². The average Bonchev–Trinajstić information content (AvgIpc) is 2.75. The Labute approximate surface area is 166 Å². The number of amides is 1. The van der Waals surface area contributed by atoms with E-state index in [1.165, 1.54) is 0 Å². The summed E-state index contributed by atoms with van der Waals surface area (Å²) >= 11 is 0. The molecule has 1 aliphatic heterocycles. The van der Waals surface area contributed by atoms with Crippen molar-refractivity contribution < 1.29 is 19.0 Å². The zero-order chi connectivity index (χ0) is 19.6. The van der Waals surface area contributed by atoms with Crippen molar-refractivity contribution in [2.75, 3.05) is 46.6 Å². The molecule has 2 aromatic carbocycles. The molecule has 1 heterocycles. The normalized spacial score (nSPS) is 15.6. The largest absolute Gasteiger partial charge is 0.497 e. The van der Waals surface area contributed by atoms with E-state index in [0.717, 1.165) is 30.2 Å². The molecule has 1 saturated heterocycles. The van der Waals surface area contributed by atoms with Crippen molar-refractivity contribution in [2.24, 2.45) is 0 Å². The topological polar surface area (TPSA) is 60.0 Å². The van der Waals surface area contributed by atoms with Crippen molar-refractivity contribution in [1.82, 2.24) is 10.2 Å². The summed E-state index contributed by atoms with van der Waals surface area (Å²) in [5.74, 6) is 1.58. The second-order valence-corrected chi connectivity index (χ2v) is 6.66. The first-order valence-electron chi connectivity index (χ1n) is 9.66. The molecule has 0 radical (unpaired) electrons. The summed E-state index contributed by atoms with van der Waals surface area (Å²) < 4.78 is 16.5. The third-order valence-electron chi connectivity index (χ3n) is 4.80. The summed E-state index contributed by atoms with van der Waals surface area (Å²) in [4.78, 5) is 14.7. The van der Waals surface area contributed by atoms with Crippen molar-refractivity contribution in [3.63, 3.8) is 0 Å². The minimum atomic E-state index is -0.0166. The monoisotopic (exact) mass is 384 g/mol. The van der Waals surface area contributed by atoms with Gasteiger partial charge in [0.1, 0.15) is 11.5 Å². The van der Waals surface area contributed by atoms with Crippen LogP contribution in [-0.2, 0) is 9.53 Å². The zero-order valence-electron chi connectivity index (χ0n) is 16.3. The summed E-state index contributed by atoms with van der Waals surface area (Å²) in [6.45, 7) is 4.00. The zero-order valence-corrected chi connectivity index (χ0v) is 16.3. The van der Waals surface area contributed by atoms with E-state index in [9.17, 15) is 4.79 Å². The number of morpholine rings is 1. The molecular weight excluding hydrogens is 356 g/mol. The Balaban J connectivity index is 1.55. The van der Waals surface area contributed by atoms with E-state index in [2.05, 4.69) is 16.3 Å². The fourth-order valence-corrected chi connectivity index (χ4v) is 3.27. The smallest absolute Gasteiger partial charge is 0.223 e. The predicted molar refractivity (Wildman–Crippen MR) is 108 cm³/mol. The highest BCUT2D eigenvalue weighted by Gasteiger charge is 2.23. The van der Waals surface area contributed by atoms with Gasteiger partial charge in [-0.05, 0) is 29.8 Å². The Hall–Kier alpha value is -2.57. The van der Waals surface area contributed by atoms with Gasteiger partial charge in [0, 0.05) is 19.6 Å². The molecule has 6 heteroatoms. The van der Waals surface area contributed by atoms with Gasteiger partial charge in [-0.3, -0.25) is 9.69 Å². The number of nitrogens with zero attached hydrogens (tertiary/aromatic N) is 1. The quantitative estimate of drug-likeness (QED) is 0.720. The van der Waals surface area contributed by atoms with E-state index in [-0.39, 0.29) is 11.9 Å². The lowest BCUT2D eigenvalue weighted by Crippen LogP contribution is -2.44. The summed E-state index contributed by atoms with van der Waals surface area (Å²) in [6, 6.07) is 17.6. The van der Waals surface area contributed by atoms with Crippen LogP contribution in [0.25, 0.3) is 0 Å². The molecule has 1 amide bonds. The van der Waals surface area contributed by atoms with Gasteiger partial charge in [-0.1, -0.05) is 30.3 Å². The van der Waals surface area contributed by atoms with Gasteiger partial charge in [-0.15, -0.1) is 0 Å². The number of benzene rings is 2. The van der Waals surface area contributed by atoms with Gasteiger partial charge in [0.05, 0.1) is 39.4 Å². The third-order valence-corrected chi connectivity index (χ3v) is 4.80. The molecule has 0 spiro atoms. The minimum Gasteiger partial charge on any atom is -0.497 e. The van der Waals surface area contributed by atoms with Crippen LogP contribution >= 0.6 is 0 Å². The van der Waals surface area contributed by atoms with Crippen LogP contribution in [-0.4, -0.2) is 57.4 Å². The SMILES string of the molecule is COc1cccc(C(CNC(=O)CCOc2ccccc2)N2CCOCC2)c1. The molecule has 3 rings (SSSR count). The molecule has 1 atom stereocenters. The number of ether oxygens (including phenoxy) is 3. The van der Waals surface area contributed by atoms with E-state index >= 15 is 0 Å². The lowest BCUT2D eigenvalue weighted by atomic mass is 10.0. The maximum atomic E-state index is 12.3. The van der Waals surface area contributed by atoms with Crippen LogP contribution in [0, 0.1) is 0 Å². The van der Waals surface area contributed by atoms with E-state index in [0.29, 0.717) is 32.8 Å². The number of para-hydroxylation sites is 1. The first-order valence-corrected chi connectivity index (χ1v) is 9.66. The molecule has 0 aromatic heterocycles. The van der Waals surface area contributed by atoms with E-state index in [1.807, 2.05) is 48.5 Å². The lowest BCUT2D eigenvalue weighted by molar-refractivity contribution is -0.121. The second-order valence-electron chi connectivity index (χ2n) is 6.66. The van der Waals surface area contributed by atoms with Crippen LogP contribution in [0.3, 0.4) is 0 Å². The second kappa shape index (κ2) is 10.7. The van der Waals surface area contributed by atoms with E-state index in [4.69, 9.17) is 14.2 Å². The number of rotatable bonds is 9. The van der Waals surface area contributed by atoms with Gasteiger partial charge < -0.3 is 19.5 Å². The number of methoxy groups -OCH3 is 1. The Bertz CT molecular complexity index is 732. The lowest BCUT2D eigenvalue weighted by Gasteiger charge is -2.35. The molecule has 0 aliphatic carbocycles. The molecule has 6 nitrogen and oxygen atoms in total. The van der Waals surface area contributed by atoms with Crippen molar-refractivity contribution in [1.29, 1.82) is 0 Å². The van der Waals surface area contributed by atoms with Crippen LogP contribution in [0.5, 0.6) is 11.5 Å². The van der Waals surface area contributed by atoms with E-state index in [1.54, 1.807) is 7.11 Å². The highest BCUT2D eigenvalue weighted by Crippen LogP contribution is 2.24. The summed E-state index contributed by atoms with van der Waals surface area (Å²) in [5, 5.41) is 3.06. The predicted octanol–water partition coefficient (Wildman–Crippen LogP) is 2.65. The number of carbonyl (C=O) groups is 1. The Kier molecular flexibility index (Phi) is 7.70. The van der Waals surface area contributed by atoms with E-state index < -0.39 is 0 Å². The minimum absolute atomic E-state index is 0.0166. The van der Waals surface area contributed by atoms with Crippen LogP contribution in [0.1, 0.15) is 18.0 Å². The molecule has 28 heavy (non-hydrogen) atoms. The van der Waals surface area contributed by atoms with Gasteiger partial charge in [-0.2, -0.15) is 0 Å². The summed E-state index contributed by atoms with van der Waals surface area (Å²) in [5.41, 5.74) is 1.13. The van der Waals surface area contributed by atoms with Crippen molar-refractivity contribution in [3.8, 4) is 11.5 Å². The van der Waals surface area contributed by atoms with Crippen molar-refractivity contribution >= 4 is 5.91 Å². The first kappa shape index (κ1) is 20.2. The fraction of sp³-hybridized carbons (Fsp3) is 0.409. The van der Waals surface area contributed by atoms with Crippen LogP contribution in [0.2, 0.25) is 0 Å². The molecular formula is C22H28N2O4. The number of carbonyl (C=O) groups excluding carboxylic acids is 1. The molecule has 1 aliphatic rings. The third kappa shape index (κ3) is 5.97. The van der Waals surface area contributed by atoms with Gasteiger partial charge in [0.15, 0.2) is 0 Å². The van der Waals surface area contributed by atoms with Gasteiger partial charge in [0.25, 0.3) is 0 Å². The Morgan fingerprint density at radius 1 is 1.11 bits per heavy atom. The fourth-order valence-electron chi connectivity index (χ4n) is 3.27. The van der Waals surface area contributed by atoms with Gasteiger partial charge in [-0.25, -0.2) is 0 Å². The molecule has 1 fully saturated rings. The maximum absolute atomic E-state index is 12.3. The molecule has 1 unspecified atom stereocenters. The maximum Gasteiger partial charge on any atom is 0.223 e. The molecule has 2 aromatic rings. The van der Waals surface area contributed by atoms with Crippen molar-refractivity contribution in [3.05, 3.63) is 60.2 Å².